The Labute approximate surface area is 151 Å². The summed E-state index contributed by atoms with van der Waals surface area (Å²) in [6.45, 7) is 1.40. The van der Waals surface area contributed by atoms with Gasteiger partial charge in [-0.25, -0.2) is 0 Å². The Balaban J connectivity index is 1.58. The molecular weight excluding hydrogens is 342 g/mol. The van der Waals surface area contributed by atoms with E-state index in [-0.39, 0.29) is 5.91 Å². The van der Waals surface area contributed by atoms with Crippen molar-refractivity contribution < 1.29 is 4.79 Å². The SMILES string of the molecule is O=C1CCCN1c1cccc(NC(=S)NCc2ccc(Cl)cc2)c1. The van der Waals surface area contributed by atoms with Crippen molar-refractivity contribution in [1.29, 1.82) is 0 Å². The molecule has 4 nitrogen and oxygen atoms in total. The molecule has 0 unspecified atom stereocenters. The summed E-state index contributed by atoms with van der Waals surface area (Å²) in [6, 6.07) is 15.4. The fourth-order valence-corrected chi connectivity index (χ4v) is 2.95. The number of anilines is 2. The molecule has 3 rings (SSSR count). The van der Waals surface area contributed by atoms with Gasteiger partial charge in [-0.3, -0.25) is 4.79 Å². The largest absolute Gasteiger partial charge is 0.358 e. The number of benzene rings is 2. The molecule has 1 saturated heterocycles. The van der Waals surface area contributed by atoms with Crippen molar-refractivity contribution in [2.24, 2.45) is 0 Å². The Kier molecular flexibility index (Phi) is 5.33. The van der Waals surface area contributed by atoms with Crippen LogP contribution < -0.4 is 15.5 Å². The van der Waals surface area contributed by atoms with Crippen molar-refractivity contribution in [1.82, 2.24) is 5.32 Å². The van der Waals surface area contributed by atoms with Gasteiger partial charge >= 0.3 is 0 Å². The van der Waals surface area contributed by atoms with Crippen LogP contribution in [0.25, 0.3) is 0 Å². The lowest BCUT2D eigenvalue weighted by Crippen LogP contribution is -2.28. The zero-order chi connectivity index (χ0) is 16.9. The molecule has 0 atom stereocenters. The van der Waals surface area contributed by atoms with E-state index in [0.717, 1.165) is 29.9 Å². The molecule has 1 aliphatic heterocycles. The first-order chi connectivity index (χ1) is 11.6. The van der Waals surface area contributed by atoms with Crippen LogP contribution in [0.2, 0.25) is 5.02 Å². The topological polar surface area (TPSA) is 44.4 Å². The van der Waals surface area contributed by atoms with Crippen molar-refractivity contribution in [3.63, 3.8) is 0 Å². The lowest BCUT2D eigenvalue weighted by molar-refractivity contribution is -0.117. The normalized spacial score (nSPS) is 13.9. The second-order valence-electron chi connectivity index (χ2n) is 5.63. The van der Waals surface area contributed by atoms with Crippen LogP contribution in [0.1, 0.15) is 18.4 Å². The summed E-state index contributed by atoms with van der Waals surface area (Å²) < 4.78 is 0. The Bertz CT molecular complexity index is 748. The first kappa shape index (κ1) is 16.7. The van der Waals surface area contributed by atoms with Gasteiger partial charge < -0.3 is 15.5 Å². The summed E-state index contributed by atoms with van der Waals surface area (Å²) in [6.07, 6.45) is 1.54. The quantitative estimate of drug-likeness (QED) is 0.811. The van der Waals surface area contributed by atoms with E-state index in [2.05, 4.69) is 10.6 Å². The van der Waals surface area contributed by atoms with Crippen molar-refractivity contribution in [2.75, 3.05) is 16.8 Å². The molecule has 2 N–H and O–H groups in total. The van der Waals surface area contributed by atoms with Crippen LogP contribution >= 0.6 is 23.8 Å². The van der Waals surface area contributed by atoms with E-state index in [9.17, 15) is 4.79 Å². The minimum atomic E-state index is 0.176. The Morgan fingerprint density at radius 3 is 2.71 bits per heavy atom. The summed E-state index contributed by atoms with van der Waals surface area (Å²) in [5.74, 6) is 0.176. The van der Waals surface area contributed by atoms with Crippen LogP contribution in [-0.2, 0) is 11.3 Å². The second kappa shape index (κ2) is 7.64. The first-order valence-electron chi connectivity index (χ1n) is 7.81. The molecule has 1 fully saturated rings. The van der Waals surface area contributed by atoms with Crippen molar-refractivity contribution in [3.05, 3.63) is 59.1 Å². The highest BCUT2D eigenvalue weighted by Crippen LogP contribution is 2.24. The maximum Gasteiger partial charge on any atom is 0.227 e. The highest BCUT2D eigenvalue weighted by Gasteiger charge is 2.21. The number of halogens is 1. The maximum atomic E-state index is 11.8. The van der Waals surface area contributed by atoms with E-state index in [1.165, 1.54) is 0 Å². The van der Waals surface area contributed by atoms with Crippen LogP contribution in [0.4, 0.5) is 11.4 Å². The third-order valence-electron chi connectivity index (χ3n) is 3.86. The molecule has 24 heavy (non-hydrogen) atoms. The molecule has 0 radical (unpaired) electrons. The molecule has 124 valence electrons. The number of rotatable bonds is 4. The van der Waals surface area contributed by atoms with E-state index in [4.69, 9.17) is 23.8 Å². The number of nitrogens with zero attached hydrogens (tertiary/aromatic N) is 1. The van der Waals surface area contributed by atoms with Crippen LogP contribution in [0.15, 0.2) is 48.5 Å². The highest BCUT2D eigenvalue weighted by atomic mass is 35.5. The first-order valence-corrected chi connectivity index (χ1v) is 8.60. The number of carbonyl (C=O) groups excluding carboxylic acids is 1. The van der Waals surface area contributed by atoms with Gasteiger partial charge in [-0.1, -0.05) is 29.8 Å². The Morgan fingerprint density at radius 2 is 2.00 bits per heavy atom. The monoisotopic (exact) mass is 359 g/mol. The maximum absolute atomic E-state index is 11.8. The van der Waals surface area contributed by atoms with Crippen LogP contribution in [0.5, 0.6) is 0 Å². The molecule has 0 bridgehead atoms. The fraction of sp³-hybridized carbons (Fsp3) is 0.222. The van der Waals surface area contributed by atoms with Gasteiger partial charge in [0.25, 0.3) is 0 Å². The fourth-order valence-electron chi connectivity index (χ4n) is 2.63. The lowest BCUT2D eigenvalue weighted by Gasteiger charge is -2.17. The van der Waals surface area contributed by atoms with E-state index in [0.29, 0.717) is 23.1 Å². The molecule has 0 aliphatic carbocycles. The minimum absolute atomic E-state index is 0.176. The minimum Gasteiger partial charge on any atom is -0.358 e. The standard InChI is InChI=1S/C18H18ClN3OS/c19-14-8-6-13(7-9-14)12-20-18(24)21-15-3-1-4-16(11-15)22-10-2-5-17(22)23/h1,3-4,6-9,11H,2,5,10,12H2,(H2,20,21,24). The molecular formula is C18H18ClN3OS. The molecule has 0 saturated carbocycles. The van der Waals surface area contributed by atoms with Crippen LogP contribution in [0.3, 0.4) is 0 Å². The Hall–Kier alpha value is -2.11. The number of hydrogen-bond donors (Lipinski definition) is 2. The zero-order valence-electron chi connectivity index (χ0n) is 13.1. The Morgan fingerprint density at radius 1 is 1.21 bits per heavy atom. The summed E-state index contributed by atoms with van der Waals surface area (Å²) in [7, 11) is 0. The molecule has 0 aromatic heterocycles. The van der Waals surface area contributed by atoms with Gasteiger partial charge in [-0.05, 0) is 54.5 Å². The van der Waals surface area contributed by atoms with Gasteiger partial charge in [-0.2, -0.15) is 0 Å². The van der Waals surface area contributed by atoms with Gasteiger partial charge in [0.15, 0.2) is 5.11 Å². The van der Waals surface area contributed by atoms with Gasteiger partial charge in [-0.15, -0.1) is 0 Å². The smallest absolute Gasteiger partial charge is 0.227 e. The average Bonchev–Trinajstić information content (AvgIpc) is 3.01. The third-order valence-corrected chi connectivity index (χ3v) is 4.35. The van der Waals surface area contributed by atoms with Gasteiger partial charge in [0.2, 0.25) is 5.91 Å². The lowest BCUT2D eigenvalue weighted by atomic mass is 10.2. The predicted octanol–water partition coefficient (Wildman–Crippen LogP) is 3.95. The van der Waals surface area contributed by atoms with E-state index < -0.39 is 0 Å². The van der Waals surface area contributed by atoms with Gasteiger partial charge in [0, 0.05) is 35.9 Å². The molecule has 1 aliphatic rings. The molecule has 6 heteroatoms. The van der Waals surface area contributed by atoms with Gasteiger partial charge in [0.05, 0.1) is 0 Å². The molecule has 1 amide bonds. The molecule has 1 heterocycles. The number of hydrogen-bond acceptors (Lipinski definition) is 2. The number of thiocarbonyl (C=S) groups is 1. The summed E-state index contributed by atoms with van der Waals surface area (Å²) in [5.41, 5.74) is 2.86. The highest BCUT2D eigenvalue weighted by molar-refractivity contribution is 7.80. The average molecular weight is 360 g/mol. The number of carbonyl (C=O) groups is 1. The number of amides is 1. The van der Waals surface area contributed by atoms with E-state index in [1.807, 2.05) is 53.4 Å². The zero-order valence-corrected chi connectivity index (χ0v) is 14.7. The third kappa shape index (κ3) is 4.24. The van der Waals surface area contributed by atoms with E-state index >= 15 is 0 Å². The molecule has 2 aromatic carbocycles. The molecule has 0 spiro atoms. The van der Waals surface area contributed by atoms with E-state index in [1.54, 1.807) is 0 Å². The van der Waals surface area contributed by atoms with Crippen molar-refractivity contribution >= 4 is 46.2 Å². The predicted molar refractivity (Wildman–Crippen MR) is 103 cm³/mol. The summed E-state index contributed by atoms with van der Waals surface area (Å²) >= 11 is 11.2. The van der Waals surface area contributed by atoms with Crippen molar-refractivity contribution in [3.8, 4) is 0 Å². The van der Waals surface area contributed by atoms with Crippen molar-refractivity contribution in [2.45, 2.75) is 19.4 Å². The van der Waals surface area contributed by atoms with Gasteiger partial charge in [0.1, 0.15) is 0 Å². The summed E-state index contributed by atoms with van der Waals surface area (Å²) in [4.78, 5) is 13.7. The second-order valence-corrected chi connectivity index (χ2v) is 6.48. The number of nitrogens with one attached hydrogen (secondary N) is 2. The summed E-state index contributed by atoms with van der Waals surface area (Å²) in [5, 5.41) is 7.57. The van der Waals surface area contributed by atoms with Crippen LogP contribution in [-0.4, -0.2) is 17.6 Å². The molecule has 2 aromatic rings. The van der Waals surface area contributed by atoms with Crippen LogP contribution in [0, 0.1) is 0 Å².